The minimum absolute atomic E-state index is 0.0388. The Balaban J connectivity index is 1.83. The van der Waals surface area contributed by atoms with Crippen LogP contribution in [0.4, 0.5) is 0 Å². The number of ether oxygens (including phenoxy) is 3. The van der Waals surface area contributed by atoms with Crippen molar-refractivity contribution in [3.8, 4) is 11.5 Å². The zero-order valence-electron chi connectivity index (χ0n) is 14.7. The van der Waals surface area contributed by atoms with Gasteiger partial charge in [0.2, 0.25) is 6.79 Å². The molecule has 0 saturated heterocycles. The van der Waals surface area contributed by atoms with E-state index in [-0.39, 0.29) is 25.6 Å². The average Bonchev–Trinajstić information content (AvgIpc) is 3.14. The van der Waals surface area contributed by atoms with E-state index in [1.54, 1.807) is 49.0 Å². The van der Waals surface area contributed by atoms with Gasteiger partial charge in [0.15, 0.2) is 17.3 Å². The Kier molecular flexibility index (Phi) is 5.83. The van der Waals surface area contributed by atoms with Gasteiger partial charge in [0, 0.05) is 16.9 Å². The van der Waals surface area contributed by atoms with Gasteiger partial charge in [0.1, 0.15) is 0 Å². The molecule has 0 N–H and O–H groups in total. The second-order valence-corrected chi connectivity index (χ2v) is 6.65. The van der Waals surface area contributed by atoms with Crippen molar-refractivity contribution in [2.24, 2.45) is 0 Å². The van der Waals surface area contributed by atoms with Crippen molar-refractivity contribution < 1.29 is 23.8 Å². The van der Waals surface area contributed by atoms with E-state index in [1.807, 2.05) is 18.4 Å². The number of benzene rings is 2. The van der Waals surface area contributed by atoms with E-state index in [0.29, 0.717) is 22.6 Å². The van der Waals surface area contributed by atoms with Crippen LogP contribution in [-0.4, -0.2) is 31.4 Å². The van der Waals surface area contributed by atoms with Gasteiger partial charge in [-0.1, -0.05) is 18.2 Å². The number of hydrogen-bond donors (Lipinski definition) is 0. The van der Waals surface area contributed by atoms with Gasteiger partial charge < -0.3 is 14.2 Å². The average molecular weight is 372 g/mol. The van der Waals surface area contributed by atoms with Gasteiger partial charge in [-0.2, -0.15) is 0 Å². The van der Waals surface area contributed by atoms with Crippen molar-refractivity contribution in [3.05, 3.63) is 53.6 Å². The second-order valence-electron chi connectivity index (χ2n) is 5.77. The van der Waals surface area contributed by atoms with Crippen LogP contribution in [0.5, 0.6) is 11.5 Å². The third kappa shape index (κ3) is 4.02. The number of fused-ring (bicyclic) bond motifs is 1. The minimum atomic E-state index is -0.683. The van der Waals surface area contributed by atoms with Gasteiger partial charge >= 0.3 is 5.97 Å². The third-order valence-electron chi connectivity index (χ3n) is 4.17. The highest BCUT2D eigenvalue weighted by Crippen LogP contribution is 2.36. The highest BCUT2D eigenvalue weighted by Gasteiger charge is 2.27. The Morgan fingerprint density at radius 1 is 1.12 bits per heavy atom. The first-order chi connectivity index (χ1) is 12.6. The second kappa shape index (κ2) is 8.27. The van der Waals surface area contributed by atoms with Gasteiger partial charge in [-0.25, -0.2) is 0 Å². The van der Waals surface area contributed by atoms with Crippen LogP contribution in [0.15, 0.2) is 47.4 Å². The number of carbonyl (C=O) groups is 2. The molecule has 3 rings (SSSR count). The zero-order valence-corrected chi connectivity index (χ0v) is 15.5. The fourth-order valence-corrected chi connectivity index (χ4v) is 3.20. The smallest absolute Gasteiger partial charge is 0.313 e. The molecule has 1 atom stereocenters. The summed E-state index contributed by atoms with van der Waals surface area (Å²) in [6.45, 7) is 2.16. The summed E-state index contributed by atoms with van der Waals surface area (Å²) in [4.78, 5) is 26.2. The largest absolute Gasteiger partial charge is 0.466 e. The molecule has 0 spiro atoms. The molecule has 6 heteroatoms. The van der Waals surface area contributed by atoms with Crippen molar-refractivity contribution in [1.29, 1.82) is 0 Å². The highest BCUT2D eigenvalue weighted by atomic mass is 32.2. The monoisotopic (exact) mass is 372 g/mol. The van der Waals surface area contributed by atoms with E-state index >= 15 is 0 Å². The van der Waals surface area contributed by atoms with Crippen molar-refractivity contribution in [1.82, 2.24) is 0 Å². The number of thioether (sulfide) groups is 1. The molecule has 1 unspecified atom stereocenters. The maximum atomic E-state index is 12.7. The first-order valence-electron chi connectivity index (χ1n) is 8.35. The van der Waals surface area contributed by atoms with E-state index in [0.717, 1.165) is 4.90 Å². The molecule has 0 amide bonds. The van der Waals surface area contributed by atoms with Crippen LogP contribution >= 0.6 is 11.8 Å². The summed E-state index contributed by atoms with van der Waals surface area (Å²) < 4.78 is 15.9. The molecule has 5 nitrogen and oxygen atoms in total. The van der Waals surface area contributed by atoms with Crippen LogP contribution in [0.25, 0.3) is 0 Å². The first kappa shape index (κ1) is 18.3. The van der Waals surface area contributed by atoms with Crippen LogP contribution in [0, 0.1) is 0 Å². The summed E-state index contributed by atoms with van der Waals surface area (Å²) in [6.07, 6.45) is 2.02. The molecule has 0 aliphatic carbocycles. The Morgan fingerprint density at radius 3 is 2.54 bits per heavy atom. The third-order valence-corrected chi connectivity index (χ3v) is 4.92. The van der Waals surface area contributed by atoms with Crippen LogP contribution in [0.3, 0.4) is 0 Å². The SMILES string of the molecule is CCOC(=O)C(CC(=O)c1ccc(SC)cc1)c1ccc2c(c1)OCO2. The summed E-state index contributed by atoms with van der Waals surface area (Å²) in [6, 6.07) is 12.6. The zero-order chi connectivity index (χ0) is 18.5. The first-order valence-corrected chi connectivity index (χ1v) is 9.58. The Hall–Kier alpha value is -2.47. The van der Waals surface area contributed by atoms with E-state index in [2.05, 4.69) is 0 Å². The molecule has 0 fully saturated rings. The van der Waals surface area contributed by atoms with Crippen LogP contribution < -0.4 is 9.47 Å². The minimum Gasteiger partial charge on any atom is -0.466 e. The van der Waals surface area contributed by atoms with Gasteiger partial charge in [0.25, 0.3) is 0 Å². The summed E-state index contributed by atoms with van der Waals surface area (Å²) in [5.41, 5.74) is 1.26. The summed E-state index contributed by atoms with van der Waals surface area (Å²) >= 11 is 1.61. The number of rotatable bonds is 7. The number of esters is 1. The predicted molar refractivity (Wildman–Crippen MR) is 99.1 cm³/mol. The lowest BCUT2D eigenvalue weighted by Gasteiger charge is -2.16. The molecule has 0 saturated carbocycles. The molecule has 0 aromatic heterocycles. The van der Waals surface area contributed by atoms with Crippen LogP contribution in [-0.2, 0) is 9.53 Å². The van der Waals surface area contributed by atoms with E-state index in [1.165, 1.54) is 0 Å². The molecule has 26 heavy (non-hydrogen) atoms. The molecule has 136 valence electrons. The van der Waals surface area contributed by atoms with E-state index in [9.17, 15) is 9.59 Å². The Labute approximate surface area is 156 Å². The maximum absolute atomic E-state index is 12.7. The molecule has 0 bridgehead atoms. The molecule has 1 aliphatic heterocycles. The van der Waals surface area contributed by atoms with Crippen molar-refractivity contribution in [3.63, 3.8) is 0 Å². The van der Waals surface area contributed by atoms with Crippen molar-refractivity contribution >= 4 is 23.5 Å². The van der Waals surface area contributed by atoms with Crippen molar-refractivity contribution in [2.75, 3.05) is 19.7 Å². The lowest BCUT2D eigenvalue weighted by Crippen LogP contribution is -2.19. The quantitative estimate of drug-likeness (QED) is 0.415. The van der Waals surface area contributed by atoms with Crippen LogP contribution in [0.2, 0.25) is 0 Å². The molecular weight excluding hydrogens is 352 g/mol. The molecule has 1 heterocycles. The lowest BCUT2D eigenvalue weighted by molar-refractivity contribution is -0.144. The number of carbonyl (C=O) groups excluding carboxylic acids is 2. The van der Waals surface area contributed by atoms with Crippen LogP contribution in [0.1, 0.15) is 35.2 Å². The standard InChI is InChI=1S/C20H20O5S/c1-3-23-20(22)16(14-6-9-18-19(10-14)25-12-24-18)11-17(21)13-4-7-15(26-2)8-5-13/h4-10,16H,3,11-12H2,1-2H3. The van der Waals surface area contributed by atoms with E-state index in [4.69, 9.17) is 14.2 Å². The number of ketones is 1. The van der Waals surface area contributed by atoms with Gasteiger partial charge in [-0.3, -0.25) is 9.59 Å². The topological polar surface area (TPSA) is 61.8 Å². The maximum Gasteiger partial charge on any atom is 0.313 e. The molecule has 2 aromatic rings. The predicted octanol–water partition coefficient (Wildman–Crippen LogP) is 4.06. The molecule has 0 radical (unpaired) electrons. The normalized spacial score (nSPS) is 13.3. The Bertz CT molecular complexity index is 800. The summed E-state index contributed by atoms with van der Waals surface area (Å²) in [7, 11) is 0. The Morgan fingerprint density at radius 2 is 1.85 bits per heavy atom. The van der Waals surface area contributed by atoms with Gasteiger partial charge in [-0.05, 0) is 43.0 Å². The summed E-state index contributed by atoms with van der Waals surface area (Å²) in [5.74, 6) is 0.00918. The summed E-state index contributed by atoms with van der Waals surface area (Å²) in [5, 5.41) is 0. The fraction of sp³-hybridized carbons (Fsp3) is 0.300. The lowest BCUT2D eigenvalue weighted by atomic mass is 9.91. The van der Waals surface area contributed by atoms with E-state index < -0.39 is 11.9 Å². The highest BCUT2D eigenvalue weighted by molar-refractivity contribution is 7.98. The molecule has 2 aromatic carbocycles. The van der Waals surface area contributed by atoms with Crippen molar-refractivity contribution in [2.45, 2.75) is 24.2 Å². The van der Waals surface area contributed by atoms with Gasteiger partial charge in [-0.15, -0.1) is 11.8 Å². The van der Waals surface area contributed by atoms with Gasteiger partial charge in [0.05, 0.1) is 12.5 Å². The fourth-order valence-electron chi connectivity index (χ4n) is 2.79. The molecule has 1 aliphatic rings. The molecular formula is C20H20O5S. The number of Topliss-reactive ketones (excluding diaryl/α,β-unsaturated/α-hetero) is 1. The number of hydrogen-bond acceptors (Lipinski definition) is 6.